The molecule has 31 heavy (non-hydrogen) atoms. The van der Waals surface area contributed by atoms with Crippen LogP contribution in [0.4, 0.5) is 5.13 Å². The molecule has 0 bridgehead atoms. The Kier molecular flexibility index (Phi) is 7.30. The van der Waals surface area contributed by atoms with Crippen LogP contribution in [0.25, 0.3) is 11.0 Å². The number of fused-ring (bicyclic) bond motifs is 1. The number of amides is 1. The van der Waals surface area contributed by atoms with Crippen molar-refractivity contribution in [3.63, 3.8) is 0 Å². The molecule has 0 spiro atoms. The van der Waals surface area contributed by atoms with E-state index in [1.807, 2.05) is 0 Å². The van der Waals surface area contributed by atoms with Crippen LogP contribution in [-0.2, 0) is 30.8 Å². The largest absolute Gasteiger partial charge is 0.466 e. The van der Waals surface area contributed by atoms with E-state index in [9.17, 15) is 18.0 Å². The Morgan fingerprint density at radius 2 is 2.00 bits per heavy atom. The van der Waals surface area contributed by atoms with Gasteiger partial charge in [0.1, 0.15) is 22.0 Å². The molecule has 0 saturated carbocycles. The van der Waals surface area contributed by atoms with Crippen LogP contribution < -0.4 is 10.0 Å². The normalized spacial score (nSPS) is 12.8. The molecule has 0 unspecified atom stereocenters. The topological polar surface area (TPSA) is 140 Å². The van der Waals surface area contributed by atoms with Gasteiger partial charge in [0.15, 0.2) is 5.13 Å². The Morgan fingerprint density at radius 3 is 2.71 bits per heavy atom. The Hall–Kier alpha value is -2.48. The van der Waals surface area contributed by atoms with E-state index < -0.39 is 27.9 Å². The van der Waals surface area contributed by atoms with Gasteiger partial charge in [-0.25, -0.2) is 13.4 Å². The third-order valence-electron chi connectivity index (χ3n) is 4.18. The summed E-state index contributed by atoms with van der Waals surface area (Å²) in [6.45, 7) is 5.44. The number of esters is 1. The molecular weight excluding hydrogens is 462 g/mol. The van der Waals surface area contributed by atoms with Gasteiger partial charge in [0.05, 0.1) is 30.4 Å². The summed E-state index contributed by atoms with van der Waals surface area (Å²) in [6.07, 6.45) is -0.00781. The highest BCUT2D eigenvalue weighted by molar-refractivity contribution is 7.89. The molecule has 0 aliphatic rings. The van der Waals surface area contributed by atoms with Crippen molar-refractivity contribution >= 4 is 61.1 Å². The van der Waals surface area contributed by atoms with E-state index in [4.69, 9.17) is 4.74 Å². The molecule has 0 saturated heterocycles. The second-order valence-corrected chi connectivity index (χ2v) is 9.92. The van der Waals surface area contributed by atoms with Crippen molar-refractivity contribution < 1.29 is 22.7 Å². The highest BCUT2D eigenvalue weighted by atomic mass is 32.2. The zero-order chi connectivity index (χ0) is 22.6. The second kappa shape index (κ2) is 9.77. The van der Waals surface area contributed by atoms with Crippen LogP contribution in [0.3, 0.4) is 0 Å². The molecule has 13 heteroatoms. The van der Waals surface area contributed by atoms with Crippen molar-refractivity contribution in [2.45, 2.75) is 38.1 Å². The van der Waals surface area contributed by atoms with E-state index >= 15 is 0 Å². The molecule has 3 rings (SSSR count). The van der Waals surface area contributed by atoms with Gasteiger partial charge in [-0.3, -0.25) is 9.59 Å². The molecule has 0 fully saturated rings. The minimum atomic E-state index is -4.04. The van der Waals surface area contributed by atoms with Gasteiger partial charge in [-0.2, -0.15) is 13.5 Å². The van der Waals surface area contributed by atoms with Gasteiger partial charge in [0, 0.05) is 5.38 Å². The maximum Gasteiger partial charge on any atom is 0.311 e. The van der Waals surface area contributed by atoms with Crippen LogP contribution in [0.1, 0.15) is 26.5 Å². The summed E-state index contributed by atoms with van der Waals surface area (Å²) in [7, 11) is -4.04. The number of nitrogens with zero attached hydrogens (tertiary/aromatic N) is 3. The minimum absolute atomic E-state index is 0.00781. The number of nitrogens with one attached hydrogen (secondary N) is 2. The molecule has 2 N–H and O–H groups in total. The highest BCUT2D eigenvalue weighted by Crippen LogP contribution is 2.22. The fourth-order valence-corrected chi connectivity index (χ4v) is 5.53. The van der Waals surface area contributed by atoms with E-state index in [2.05, 4.69) is 23.8 Å². The second-order valence-electron chi connectivity index (χ2n) is 6.85. The van der Waals surface area contributed by atoms with Gasteiger partial charge in [0.2, 0.25) is 15.9 Å². The molecular formula is C18H21N5O5S3. The summed E-state index contributed by atoms with van der Waals surface area (Å²) in [5.74, 6) is -1.31. The number of benzene rings is 1. The molecule has 2 heterocycles. The number of ether oxygens (including phenoxy) is 1. The molecule has 2 aromatic heterocycles. The van der Waals surface area contributed by atoms with E-state index in [0.29, 0.717) is 11.2 Å². The molecule has 0 aliphatic heterocycles. The predicted octanol–water partition coefficient (Wildman–Crippen LogP) is 2.20. The number of sulfonamides is 1. The van der Waals surface area contributed by atoms with Gasteiger partial charge in [-0.1, -0.05) is 19.9 Å². The Labute approximate surface area is 187 Å². The van der Waals surface area contributed by atoms with Gasteiger partial charge < -0.3 is 10.1 Å². The molecule has 166 valence electrons. The first-order valence-electron chi connectivity index (χ1n) is 9.35. The minimum Gasteiger partial charge on any atom is -0.466 e. The predicted molar refractivity (Wildman–Crippen MR) is 117 cm³/mol. The van der Waals surface area contributed by atoms with Gasteiger partial charge in [-0.05, 0) is 25.0 Å². The van der Waals surface area contributed by atoms with Crippen molar-refractivity contribution in [3.8, 4) is 0 Å². The average molecular weight is 484 g/mol. The highest BCUT2D eigenvalue weighted by Gasteiger charge is 2.30. The lowest BCUT2D eigenvalue weighted by Crippen LogP contribution is -2.47. The fourth-order valence-electron chi connectivity index (χ4n) is 2.71. The first-order valence-corrected chi connectivity index (χ1v) is 12.4. The molecule has 3 aromatic rings. The van der Waals surface area contributed by atoms with Crippen molar-refractivity contribution in [2.75, 3.05) is 11.9 Å². The summed E-state index contributed by atoms with van der Waals surface area (Å²) < 4.78 is 41.4. The fraction of sp³-hybridized carbons (Fsp3) is 0.389. The van der Waals surface area contributed by atoms with Crippen molar-refractivity contribution in [1.82, 2.24) is 18.5 Å². The van der Waals surface area contributed by atoms with E-state index in [1.165, 1.54) is 6.07 Å². The number of hydrogen-bond acceptors (Lipinski definition) is 10. The van der Waals surface area contributed by atoms with Crippen LogP contribution in [-0.4, -0.2) is 46.7 Å². The van der Waals surface area contributed by atoms with Gasteiger partial charge in [0.25, 0.3) is 0 Å². The smallest absolute Gasteiger partial charge is 0.311 e. The maximum absolute atomic E-state index is 13.0. The summed E-state index contributed by atoms with van der Waals surface area (Å²) in [4.78, 5) is 28.6. The number of anilines is 1. The third-order valence-corrected chi connectivity index (χ3v) is 7.00. The Balaban J connectivity index is 1.75. The zero-order valence-electron chi connectivity index (χ0n) is 17.0. The van der Waals surface area contributed by atoms with E-state index in [0.717, 1.165) is 23.1 Å². The summed E-state index contributed by atoms with van der Waals surface area (Å²) in [5.41, 5.74) is 1.19. The summed E-state index contributed by atoms with van der Waals surface area (Å²) in [5, 5.41) is 4.52. The number of rotatable bonds is 9. The lowest BCUT2D eigenvalue weighted by atomic mass is 10.1. The van der Waals surface area contributed by atoms with Crippen LogP contribution in [0.15, 0.2) is 28.5 Å². The number of carbonyl (C=O) groups excluding carboxylic acids is 2. The quantitative estimate of drug-likeness (QED) is 0.441. The number of hydrogen-bond donors (Lipinski definition) is 2. The van der Waals surface area contributed by atoms with Crippen LogP contribution >= 0.6 is 23.1 Å². The number of aromatic nitrogens is 3. The maximum atomic E-state index is 13.0. The van der Waals surface area contributed by atoms with Crippen LogP contribution in [0.2, 0.25) is 0 Å². The molecule has 0 aliphatic carbocycles. The molecule has 1 aromatic carbocycles. The third kappa shape index (κ3) is 5.61. The van der Waals surface area contributed by atoms with Crippen molar-refractivity contribution in [3.05, 3.63) is 29.3 Å². The molecule has 10 nitrogen and oxygen atoms in total. The lowest BCUT2D eigenvalue weighted by Gasteiger charge is -2.21. The van der Waals surface area contributed by atoms with Crippen molar-refractivity contribution in [2.24, 2.45) is 5.92 Å². The Bertz CT molecular complexity index is 1190. The van der Waals surface area contributed by atoms with E-state index in [-0.39, 0.29) is 34.5 Å². The SMILES string of the molecule is CCOC(=O)Cc1csc(NC(=O)[C@@H](NS(=O)(=O)c2cccc3nsnc23)C(C)C)n1. The molecule has 1 atom stereocenters. The van der Waals surface area contributed by atoms with Gasteiger partial charge >= 0.3 is 5.97 Å². The first-order chi connectivity index (χ1) is 14.7. The lowest BCUT2D eigenvalue weighted by molar-refractivity contribution is -0.142. The zero-order valence-corrected chi connectivity index (χ0v) is 19.4. The standard InChI is InChI=1S/C18H21N5O5S3/c1-4-28-14(24)8-11-9-29-18(19-11)20-17(25)15(10(2)3)23-31(26,27)13-7-5-6-12-16(13)22-30-21-12/h5-7,9-10,15,23H,4,8H2,1-3H3,(H,19,20,25)/t15-/m0/s1. The molecule has 1 amide bonds. The number of carbonyl (C=O) groups is 2. The average Bonchev–Trinajstić information content (AvgIpc) is 3.35. The summed E-state index contributed by atoms with van der Waals surface area (Å²) in [6, 6.07) is 3.61. The molecule has 0 radical (unpaired) electrons. The summed E-state index contributed by atoms with van der Waals surface area (Å²) >= 11 is 2.05. The van der Waals surface area contributed by atoms with Crippen molar-refractivity contribution in [1.29, 1.82) is 0 Å². The number of thiazole rings is 1. The van der Waals surface area contributed by atoms with Crippen LogP contribution in [0, 0.1) is 5.92 Å². The van der Waals surface area contributed by atoms with Gasteiger partial charge in [-0.15, -0.1) is 11.3 Å². The van der Waals surface area contributed by atoms with E-state index in [1.54, 1.807) is 38.3 Å². The Morgan fingerprint density at radius 1 is 1.23 bits per heavy atom. The first kappa shape index (κ1) is 23.2. The monoisotopic (exact) mass is 483 g/mol. The van der Waals surface area contributed by atoms with Crippen LogP contribution in [0.5, 0.6) is 0 Å².